The SMILES string of the molecule is COc1ccc(CN2CCN(C(=O)CCCNC(=O)c3ccc(F)cc3F)CC2)c(OC)c1OC. The van der Waals surface area contributed by atoms with E-state index in [9.17, 15) is 18.4 Å². The van der Waals surface area contributed by atoms with E-state index >= 15 is 0 Å². The molecular formula is C25H31F2N3O5. The minimum absolute atomic E-state index is 0.00978. The molecule has 1 aliphatic heterocycles. The number of carbonyl (C=O) groups is 2. The van der Waals surface area contributed by atoms with E-state index in [1.165, 1.54) is 0 Å². The van der Waals surface area contributed by atoms with E-state index in [4.69, 9.17) is 14.2 Å². The molecule has 0 atom stereocenters. The van der Waals surface area contributed by atoms with Gasteiger partial charge in [0.15, 0.2) is 11.5 Å². The molecule has 0 bridgehead atoms. The molecule has 3 rings (SSSR count). The maximum atomic E-state index is 13.7. The Bertz CT molecular complexity index is 1040. The van der Waals surface area contributed by atoms with Crippen LogP contribution in [-0.2, 0) is 11.3 Å². The molecule has 1 N–H and O–H groups in total. The number of ether oxygens (including phenoxy) is 3. The van der Waals surface area contributed by atoms with E-state index in [0.29, 0.717) is 62.5 Å². The average Bonchev–Trinajstić information content (AvgIpc) is 2.86. The Morgan fingerprint density at radius 1 is 0.943 bits per heavy atom. The van der Waals surface area contributed by atoms with Gasteiger partial charge in [-0.3, -0.25) is 14.5 Å². The third-order valence-corrected chi connectivity index (χ3v) is 5.93. The molecule has 2 aromatic carbocycles. The molecule has 0 unspecified atom stereocenters. The minimum atomic E-state index is -0.915. The second-order valence-electron chi connectivity index (χ2n) is 8.13. The number of nitrogens with one attached hydrogen (secondary N) is 1. The fraction of sp³-hybridized carbons (Fsp3) is 0.440. The highest BCUT2D eigenvalue weighted by atomic mass is 19.1. The van der Waals surface area contributed by atoms with Crippen molar-refractivity contribution in [3.05, 3.63) is 53.1 Å². The summed E-state index contributed by atoms with van der Waals surface area (Å²) in [5, 5.41) is 2.57. The predicted octanol–water partition coefficient (Wildman–Crippen LogP) is 2.85. The Labute approximate surface area is 203 Å². The molecule has 190 valence electrons. The monoisotopic (exact) mass is 491 g/mol. The fourth-order valence-corrected chi connectivity index (χ4v) is 4.05. The molecule has 2 aromatic rings. The summed E-state index contributed by atoms with van der Waals surface area (Å²) in [5.74, 6) is -0.495. The summed E-state index contributed by atoms with van der Waals surface area (Å²) < 4.78 is 43.0. The lowest BCUT2D eigenvalue weighted by Gasteiger charge is -2.35. The van der Waals surface area contributed by atoms with Crippen LogP contribution in [0, 0.1) is 11.6 Å². The molecule has 8 nitrogen and oxygen atoms in total. The Morgan fingerprint density at radius 3 is 2.29 bits per heavy atom. The highest BCUT2D eigenvalue weighted by Gasteiger charge is 2.23. The topological polar surface area (TPSA) is 80.3 Å². The Kier molecular flexibility index (Phi) is 9.25. The average molecular weight is 492 g/mol. The molecule has 1 heterocycles. The lowest BCUT2D eigenvalue weighted by molar-refractivity contribution is -0.133. The van der Waals surface area contributed by atoms with Crippen LogP contribution in [0.5, 0.6) is 17.2 Å². The molecule has 1 aliphatic rings. The van der Waals surface area contributed by atoms with Crippen LogP contribution in [0.3, 0.4) is 0 Å². The van der Waals surface area contributed by atoms with E-state index in [-0.39, 0.29) is 24.4 Å². The number of amides is 2. The van der Waals surface area contributed by atoms with E-state index < -0.39 is 17.5 Å². The van der Waals surface area contributed by atoms with Crippen molar-refractivity contribution in [2.75, 3.05) is 54.1 Å². The maximum absolute atomic E-state index is 13.7. The van der Waals surface area contributed by atoms with Crippen LogP contribution in [0.25, 0.3) is 0 Å². The highest BCUT2D eigenvalue weighted by molar-refractivity contribution is 5.94. The second kappa shape index (κ2) is 12.3. The molecule has 0 radical (unpaired) electrons. The zero-order valence-electron chi connectivity index (χ0n) is 20.2. The van der Waals surface area contributed by atoms with E-state index in [1.807, 2.05) is 17.0 Å². The van der Waals surface area contributed by atoms with Crippen LogP contribution in [0.15, 0.2) is 30.3 Å². The predicted molar refractivity (Wildman–Crippen MR) is 126 cm³/mol. The molecule has 0 aromatic heterocycles. The first-order valence-electron chi connectivity index (χ1n) is 11.4. The maximum Gasteiger partial charge on any atom is 0.254 e. The van der Waals surface area contributed by atoms with Gasteiger partial charge in [-0.1, -0.05) is 6.07 Å². The molecule has 1 saturated heterocycles. The van der Waals surface area contributed by atoms with Crippen LogP contribution in [0.2, 0.25) is 0 Å². The van der Waals surface area contributed by atoms with E-state index in [0.717, 1.165) is 17.7 Å². The summed E-state index contributed by atoms with van der Waals surface area (Å²) >= 11 is 0. The Morgan fingerprint density at radius 2 is 1.66 bits per heavy atom. The van der Waals surface area contributed by atoms with Crippen molar-refractivity contribution in [2.45, 2.75) is 19.4 Å². The highest BCUT2D eigenvalue weighted by Crippen LogP contribution is 2.40. The van der Waals surface area contributed by atoms with Gasteiger partial charge in [0, 0.05) is 57.3 Å². The second-order valence-corrected chi connectivity index (χ2v) is 8.13. The van der Waals surface area contributed by atoms with Crippen molar-refractivity contribution < 1.29 is 32.6 Å². The first-order chi connectivity index (χ1) is 16.9. The van der Waals surface area contributed by atoms with Crippen molar-refractivity contribution >= 4 is 11.8 Å². The van der Waals surface area contributed by atoms with Crippen LogP contribution in [0.4, 0.5) is 8.78 Å². The van der Waals surface area contributed by atoms with Crippen LogP contribution in [0.1, 0.15) is 28.8 Å². The summed E-state index contributed by atoms with van der Waals surface area (Å²) in [6.07, 6.45) is 0.701. The zero-order valence-corrected chi connectivity index (χ0v) is 20.2. The van der Waals surface area contributed by atoms with Gasteiger partial charge in [-0.15, -0.1) is 0 Å². The summed E-state index contributed by atoms with van der Waals surface area (Å²) in [7, 11) is 4.74. The molecule has 2 amide bonds. The summed E-state index contributed by atoms with van der Waals surface area (Å²) in [6.45, 7) is 3.49. The van der Waals surface area contributed by atoms with E-state index in [2.05, 4.69) is 10.2 Å². The number of carbonyl (C=O) groups excluding carboxylic acids is 2. The van der Waals surface area contributed by atoms with Crippen LogP contribution in [-0.4, -0.2) is 75.7 Å². The summed E-state index contributed by atoms with van der Waals surface area (Å²) in [6, 6.07) is 6.59. The van der Waals surface area contributed by atoms with Gasteiger partial charge in [0.2, 0.25) is 11.7 Å². The van der Waals surface area contributed by atoms with Gasteiger partial charge in [-0.25, -0.2) is 8.78 Å². The lowest BCUT2D eigenvalue weighted by Crippen LogP contribution is -2.48. The quantitative estimate of drug-likeness (QED) is 0.515. The number of halogens is 2. The molecule has 0 aliphatic carbocycles. The smallest absolute Gasteiger partial charge is 0.254 e. The van der Waals surface area contributed by atoms with Crippen LogP contribution < -0.4 is 19.5 Å². The molecule has 0 saturated carbocycles. The number of piperazine rings is 1. The number of benzene rings is 2. The van der Waals surface area contributed by atoms with Gasteiger partial charge < -0.3 is 24.4 Å². The Hall–Kier alpha value is -3.40. The number of nitrogens with zero attached hydrogens (tertiary/aromatic N) is 2. The minimum Gasteiger partial charge on any atom is -0.493 e. The Balaban J connectivity index is 1.43. The standard InChI is InChI=1S/C25H31F2N3O5/c1-33-21-9-6-17(23(34-2)24(21)35-3)16-29-11-13-30(14-12-29)22(31)5-4-10-28-25(32)19-8-7-18(26)15-20(19)27/h6-9,15H,4-5,10-14,16H2,1-3H3,(H,28,32). The van der Waals surface area contributed by atoms with Crippen molar-refractivity contribution in [3.8, 4) is 17.2 Å². The third kappa shape index (κ3) is 6.60. The molecule has 1 fully saturated rings. The third-order valence-electron chi connectivity index (χ3n) is 5.93. The molecular weight excluding hydrogens is 460 g/mol. The van der Waals surface area contributed by atoms with E-state index in [1.54, 1.807) is 21.3 Å². The first-order valence-corrected chi connectivity index (χ1v) is 11.4. The number of methoxy groups -OCH3 is 3. The van der Waals surface area contributed by atoms with Gasteiger partial charge in [-0.05, 0) is 24.6 Å². The van der Waals surface area contributed by atoms with Gasteiger partial charge in [0.05, 0.1) is 26.9 Å². The zero-order chi connectivity index (χ0) is 25.4. The summed E-state index contributed by atoms with van der Waals surface area (Å²) in [4.78, 5) is 28.6. The number of rotatable bonds is 10. The normalized spacial score (nSPS) is 13.9. The van der Waals surface area contributed by atoms with Crippen molar-refractivity contribution in [1.29, 1.82) is 0 Å². The van der Waals surface area contributed by atoms with Gasteiger partial charge >= 0.3 is 0 Å². The van der Waals surface area contributed by atoms with Gasteiger partial charge in [0.1, 0.15) is 11.6 Å². The molecule has 35 heavy (non-hydrogen) atoms. The van der Waals surface area contributed by atoms with Crippen molar-refractivity contribution in [2.24, 2.45) is 0 Å². The largest absolute Gasteiger partial charge is 0.493 e. The number of hydrogen-bond donors (Lipinski definition) is 1. The lowest BCUT2D eigenvalue weighted by atomic mass is 10.1. The first kappa shape index (κ1) is 26.2. The number of hydrogen-bond acceptors (Lipinski definition) is 6. The fourth-order valence-electron chi connectivity index (χ4n) is 4.05. The van der Waals surface area contributed by atoms with Gasteiger partial charge in [-0.2, -0.15) is 0 Å². The molecule has 10 heteroatoms. The van der Waals surface area contributed by atoms with Gasteiger partial charge in [0.25, 0.3) is 5.91 Å². The van der Waals surface area contributed by atoms with Crippen molar-refractivity contribution in [3.63, 3.8) is 0 Å². The summed E-state index contributed by atoms with van der Waals surface area (Å²) in [5.41, 5.74) is 0.748. The molecule has 0 spiro atoms. The van der Waals surface area contributed by atoms with Crippen LogP contribution >= 0.6 is 0 Å². The van der Waals surface area contributed by atoms with Crippen molar-refractivity contribution in [1.82, 2.24) is 15.1 Å².